The van der Waals surface area contributed by atoms with Crippen LogP contribution in [0.3, 0.4) is 0 Å². The summed E-state index contributed by atoms with van der Waals surface area (Å²) in [5, 5.41) is 2.95. The van der Waals surface area contributed by atoms with E-state index in [9.17, 15) is 4.79 Å². The minimum absolute atomic E-state index is 0. The number of benzene rings is 2. The number of rotatable bonds is 7. The van der Waals surface area contributed by atoms with Crippen molar-refractivity contribution in [3.05, 3.63) is 71.3 Å². The van der Waals surface area contributed by atoms with Gasteiger partial charge in [-0.2, -0.15) is 0 Å². The lowest BCUT2D eigenvalue weighted by molar-refractivity contribution is -0.122. The maximum Gasteiger partial charge on any atom is 0.237 e. The van der Waals surface area contributed by atoms with E-state index < -0.39 is 6.04 Å². The van der Waals surface area contributed by atoms with E-state index in [1.165, 1.54) is 37.9 Å². The van der Waals surface area contributed by atoms with Crippen LogP contribution in [0.1, 0.15) is 36.0 Å². The fourth-order valence-electron chi connectivity index (χ4n) is 3.42. The van der Waals surface area contributed by atoms with Crippen LogP contribution in [-0.4, -0.2) is 29.9 Å². The molecule has 3 N–H and O–H groups in total. The van der Waals surface area contributed by atoms with Crippen molar-refractivity contribution in [2.75, 3.05) is 13.1 Å². The average molecular weight is 424 g/mol. The van der Waals surface area contributed by atoms with Gasteiger partial charge in [-0.25, -0.2) is 0 Å². The predicted octanol–water partition coefficient (Wildman–Crippen LogP) is 3.70. The zero-order valence-corrected chi connectivity index (χ0v) is 17.8. The maximum absolute atomic E-state index is 12.2. The van der Waals surface area contributed by atoms with Crippen LogP contribution < -0.4 is 11.1 Å². The number of carbonyl (C=O) groups is 1. The molecule has 1 heterocycles. The van der Waals surface area contributed by atoms with E-state index in [0.29, 0.717) is 13.0 Å². The Morgan fingerprint density at radius 2 is 1.50 bits per heavy atom. The fraction of sp³-hybridized carbons (Fsp3) is 0.409. The molecule has 2 aromatic carbocycles. The van der Waals surface area contributed by atoms with E-state index >= 15 is 0 Å². The summed E-state index contributed by atoms with van der Waals surface area (Å²) < 4.78 is 0. The van der Waals surface area contributed by atoms with Crippen LogP contribution in [0.15, 0.2) is 54.6 Å². The van der Waals surface area contributed by atoms with E-state index in [4.69, 9.17) is 5.73 Å². The molecule has 4 nitrogen and oxygen atoms in total. The highest BCUT2D eigenvalue weighted by molar-refractivity contribution is 5.85. The predicted molar refractivity (Wildman–Crippen MR) is 120 cm³/mol. The van der Waals surface area contributed by atoms with Gasteiger partial charge in [0, 0.05) is 13.1 Å². The van der Waals surface area contributed by atoms with Gasteiger partial charge in [0.05, 0.1) is 6.04 Å². The number of piperidine rings is 1. The van der Waals surface area contributed by atoms with Crippen LogP contribution in [0.2, 0.25) is 0 Å². The third kappa shape index (κ3) is 7.80. The second-order valence-corrected chi connectivity index (χ2v) is 7.17. The number of hydrogen-bond acceptors (Lipinski definition) is 3. The molecule has 154 valence electrons. The molecule has 1 fully saturated rings. The molecule has 28 heavy (non-hydrogen) atoms. The fourth-order valence-corrected chi connectivity index (χ4v) is 3.42. The maximum atomic E-state index is 12.2. The summed E-state index contributed by atoms with van der Waals surface area (Å²) in [5.74, 6) is -0.105. The second kappa shape index (κ2) is 12.8. The average Bonchev–Trinajstić information content (AvgIpc) is 2.69. The molecule has 1 aliphatic rings. The Bertz CT molecular complexity index is 689. The Labute approximate surface area is 180 Å². The monoisotopic (exact) mass is 423 g/mol. The normalized spacial score (nSPS) is 15.0. The number of hydrogen-bond donors (Lipinski definition) is 2. The van der Waals surface area contributed by atoms with Crippen molar-refractivity contribution >= 4 is 30.7 Å². The highest BCUT2D eigenvalue weighted by Gasteiger charge is 2.14. The van der Waals surface area contributed by atoms with Gasteiger partial charge < -0.3 is 11.1 Å². The van der Waals surface area contributed by atoms with Crippen molar-refractivity contribution in [2.24, 2.45) is 5.73 Å². The molecule has 0 saturated carbocycles. The zero-order chi connectivity index (χ0) is 18.2. The molecular formula is C22H31Cl2N3O. The molecule has 1 amide bonds. The van der Waals surface area contributed by atoms with Gasteiger partial charge >= 0.3 is 0 Å². The Balaban J connectivity index is 0.00000196. The highest BCUT2D eigenvalue weighted by Crippen LogP contribution is 2.13. The van der Waals surface area contributed by atoms with Crippen molar-refractivity contribution in [1.82, 2.24) is 10.2 Å². The molecule has 1 unspecified atom stereocenters. The summed E-state index contributed by atoms with van der Waals surface area (Å²) in [6.07, 6.45) is 4.55. The summed E-state index contributed by atoms with van der Waals surface area (Å²) in [6.45, 7) is 3.95. The molecule has 0 spiro atoms. The van der Waals surface area contributed by atoms with Crippen LogP contribution in [-0.2, 0) is 24.3 Å². The van der Waals surface area contributed by atoms with E-state index in [0.717, 1.165) is 17.7 Å². The molecule has 1 saturated heterocycles. The summed E-state index contributed by atoms with van der Waals surface area (Å²) >= 11 is 0. The lowest BCUT2D eigenvalue weighted by Gasteiger charge is -2.26. The minimum Gasteiger partial charge on any atom is -0.351 e. The molecule has 0 aliphatic carbocycles. The van der Waals surface area contributed by atoms with Gasteiger partial charge in [-0.15, -0.1) is 24.8 Å². The quantitative estimate of drug-likeness (QED) is 0.713. The van der Waals surface area contributed by atoms with Gasteiger partial charge in [0.25, 0.3) is 0 Å². The van der Waals surface area contributed by atoms with Crippen molar-refractivity contribution in [1.29, 1.82) is 0 Å². The van der Waals surface area contributed by atoms with Crippen LogP contribution in [0, 0.1) is 0 Å². The summed E-state index contributed by atoms with van der Waals surface area (Å²) in [6, 6.07) is 17.9. The van der Waals surface area contributed by atoms with E-state index in [2.05, 4.69) is 34.5 Å². The molecule has 1 aliphatic heterocycles. The van der Waals surface area contributed by atoms with E-state index in [1.807, 2.05) is 30.3 Å². The SMILES string of the molecule is Cl.Cl.NC(Cc1ccccc1)C(=O)NCc1ccc(CN2CCCCC2)cc1. The van der Waals surface area contributed by atoms with Crippen molar-refractivity contribution in [2.45, 2.75) is 44.8 Å². The lowest BCUT2D eigenvalue weighted by Crippen LogP contribution is -2.41. The molecule has 0 bridgehead atoms. The number of halogens is 2. The van der Waals surface area contributed by atoms with Crippen LogP contribution in [0.5, 0.6) is 0 Å². The van der Waals surface area contributed by atoms with Gasteiger partial charge in [-0.1, -0.05) is 61.0 Å². The first kappa shape index (κ1) is 24.4. The number of nitrogens with one attached hydrogen (secondary N) is 1. The summed E-state index contributed by atoms with van der Waals surface area (Å²) in [4.78, 5) is 14.7. The first-order valence-corrected chi connectivity index (χ1v) is 9.58. The van der Waals surface area contributed by atoms with Gasteiger partial charge in [-0.3, -0.25) is 9.69 Å². The summed E-state index contributed by atoms with van der Waals surface area (Å²) in [7, 11) is 0. The second-order valence-electron chi connectivity index (χ2n) is 7.17. The van der Waals surface area contributed by atoms with E-state index in [-0.39, 0.29) is 30.7 Å². The summed E-state index contributed by atoms with van der Waals surface area (Å²) in [5.41, 5.74) is 9.55. The minimum atomic E-state index is -0.518. The highest BCUT2D eigenvalue weighted by atomic mass is 35.5. The molecule has 0 aromatic heterocycles. The Morgan fingerprint density at radius 3 is 2.14 bits per heavy atom. The standard InChI is InChI=1S/C22H29N3O.2ClH/c23-21(15-18-7-3-1-4-8-18)22(26)24-16-19-9-11-20(12-10-19)17-25-13-5-2-6-14-25;;/h1,3-4,7-12,21H,2,5-6,13-17,23H2,(H,24,26);2*1H. The lowest BCUT2D eigenvalue weighted by atomic mass is 10.1. The Hall–Kier alpha value is -1.59. The molecule has 1 atom stereocenters. The van der Waals surface area contributed by atoms with E-state index in [1.54, 1.807) is 0 Å². The number of likely N-dealkylation sites (tertiary alicyclic amines) is 1. The van der Waals surface area contributed by atoms with Gasteiger partial charge in [0.15, 0.2) is 0 Å². The Kier molecular flexibility index (Phi) is 11.2. The molecule has 6 heteroatoms. The largest absolute Gasteiger partial charge is 0.351 e. The molecule has 3 rings (SSSR count). The van der Waals surface area contributed by atoms with Crippen molar-refractivity contribution in [3.63, 3.8) is 0 Å². The number of amides is 1. The first-order chi connectivity index (χ1) is 12.7. The third-order valence-corrected chi connectivity index (χ3v) is 4.98. The van der Waals surface area contributed by atoms with Crippen molar-refractivity contribution in [3.8, 4) is 0 Å². The van der Waals surface area contributed by atoms with Crippen molar-refractivity contribution < 1.29 is 4.79 Å². The Morgan fingerprint density at radius 1 is 0.893 bits per heavy atom. The smallest absolute Gasteiger partial charge is 0.237 e. The number of nitrogens with two attached hydrogens (primary N) is 1. The topological polar surface area (TPSA) is 58.4 Å². The van der Waals surface area contributed by atoms with Gasteiger partial charge in [0.1, 0.15) is 0 Å². The van der Waals surface area contributed by atoms with Gasteiger partial charge in [-0.05, 0) is 49.0 Å². The molecule has 0 radical (unpaired) electrons. The zero-order valence-electron chi connectivity index (χ0n) is 16.2. The van der Waals surface area contributed by atoms with Crippen LogP contribution >= 0.6 is 24.8 Å². The molecular weight excluding hydrogens is 393 g/mol. The third-order valence-electron chi connectivity index (χ3n) is 4.98. The first-order valence-electron chi connectivity index (χ1n) is 9.58. The number of carbonyl (C=O) groups excluding carboxylic acids is 1. The van der Waals surface area contributed by atoms with Crippen LogP contribution in [0.4, 0.5) is 0 Å². The van der Waals surface area contributed by atoms with Gasteiger partial charge in [0.2, 0.25) is 5.91 Å². The number of nitrogens with zero attached hydrogens (tertiary/aromatic N) is 1. The molecule has 2 aromatic rings. The van der Waals surface area contributed by atoms with Crippen LogP contribution in [0.25, 0.3) is 0 Å².